The molecular weight excluding hydrogens is 293 g/mol. The number of benzene rings is 1. The molecule has 2 aliphatic heterocycles. The zero-order chi connectivity index (χ0) is 16.1. The zero-order valence-electron chi connectivity index (χ0n) is 13.6. The lowest BCUT2D eigenvalue weighted by atomic mass is 9.95. The van der Waals surface area contributed by atoms with Gasteiger partial charge < -0.3 is 10.6 Å². The maximum Gasteiger partial charge on any atom is 0.224 e. The highest BCUT2D eigenvalue weighted by Gasteiger charge is 2.27. The standard InChI is InChI=1S/C18H26FN3O/c19-16-5-1-3-14(11-16)12-22-10-2-4-15(13-22)18(23)21-17-6-8-20-9-7-17/h1,3,5,11,15,17,20H,2,4,6-10,12-13H2,(H,21,23). The van der Waals surface area contributed by atoms with E-state index in [0.717, 1.165) is 64.0 Å². The van der Waals surface area contributed by atoms with Gasteiger partial charge >= 0.3 is 0 Å². The van der Waals surface area contributed by atoms with Crippen LogP contribution in [0, 0.1) is 11.7 Å². The molecule has 0 radical (unpaired) electrons. The molecule has 126 valence electrons. The fourth-order valence-electron chi connectivity index (χ4n) is 3.59. The Morgan fingerprint density at radius 2 is 2.13 bits per heavy atom. The van der Waals surface area contributed by atoms with Crippen molar-refractivity contribution in [1.29, 1.82) is 0 Å². The average molecular weight is 319 g/mol. The Labute approximate surface area is 137 Å². The van der Waals surface area contributed by atoms with Crippen LogP contribution in [-0.4, -0.2) is 43.0 Å². The van der Waals surface area contributed by atoms with Gasteiger partial charge in [-0.2, -0.15) is 0 Å². The van der Waals surface area contributed by atoms with Gasteiger partial charge in [0.05, 0.1) is 5.92 Å². The van der Waals surface area contributed by atoms with Gasteiger partial charge in [-0.05, 0) is 63.0 Å². The maximum atomic E-state index is 13.3. The number of rotatable bonds is 4. The third-order valence-corrected chi connectivity index (χ3v) is 4.86. The summed E-state index contributed by atoms with van der Waals surface area (Å²) in [4.78, 5) is 14.8. The summed E-state index contributed by atoms with van der Waals surface area (Å²) in [5.74, 6) is 0.0627. The number of hydrogen-bond donors (Lipinski definition) is 2. The van der Waals surface area contributed by atoms with Gasteiger partial charge in [0.1, 0.15) is 5.82 Å². The fourth-order valence-corrected chi connectivity index (χ4v) is 3.59. The molecule has 1 amide bonds. The second-order valence-corrected chi connectivity index (χ2v) is 6.74. The molecule has 1 unspecified atom stereocenters. The van der Waals surface area contributed by atoms with Crippen molar-refractivity contribution in [3.05, 3.63) is 35.6 Å². The van der Waals surface area contributed by atoms with E-state index >= 15 is 0 Å². The van der Waals surface area contributed by atoms with E-state index in [4.69, 9.17) is 0 Å². The third-order valence-electron chi connectivity index (χ3n) is 4.86. The first-order valence-corrected chi connectivity index (χ1v) is 8.68. The molecule has 0 aromatic heterocycles. The van der Waals surface area contributed by atoms with Crippen LogP contribution in [0.25, 0.3) is 0 Å². The molecule has 2 fully saturated rings. The predicted molar refractivity (Wildman–Crippen MR) is 88.4 cm³/mol. The van der Waals surface area contributed by atoms with Crippen molar-refractivity contribution in [2.45, 2.75) is 38.3 Å². The van der Waals surface area contributed by atoms with Crippen molar-refractivity contribution in [1.82, 2.24) is 15.5 Å². The molecule has 2 saturated heterocycles. The summed E-state index contributed by atoms with van der Waals surface area (Å²) >= 11 is 0. The van der Waals surface area contributed by atoms with Crippen LogP contribution in [0.15, 0.2) is 24.3 Å². The molecule has 0 bridgehead atoms. The largest absolute Gasteiger partial charge is 0.353 e. The zero-order valence-corrected chi connectivity index (χ0v) is 13.6. The van der Waals surface area contributed by atoms with Gasteiger partial charge in [0.15, 0.2) is 0 Å². The number of carbonyl (C=O) groups excluding carboxylic acids is 1. The number of amides is 1. The molecule has 1 aromatic rings. The Bertz CT molecular complexity index is 531. The van der Waals surface area contributed by atoms with E-state index < -0.39 is 0 Å². The molecule has 2 aliphatic rings. The fraction of sp³-hybridized carbons (Fsp3) is 0.611. The molecule has 23 heavy (non-hydrogen) atoms. The van der Waals surface area contributed by atoms with Crippen LogP contribution in [-0.2, 0) is 11.3 Å². The Morgan fingerprint density at radius 3 is 2.91 bits per heavy atom. The second-order valence-electron chi connectivity index (χ2n) is 6.74. The second kappa shape index (κ2) is 7.88. The normalized spacial score (nSPS) is 23.6. The highest BCUT2D eigenvalue weighted by molar-refractivity contribution is 5.79. The van der Waals surface area contributed by atoms with Crippen LogP contribution in [0.3, 0.4) is 0 Å². The van der Waals surface area contributed by atoms with Gasteiger partial charge in [-0.15, -0.1) is 0 Å². The Morgan fingerprint density at radius 1 is 1.30 bits per heavy atom. The van der Waals surface area contributed by atoms with Gasteiger partial charge in [0.25, 0.3) is 0 Å². The topological polar surface area (TPSA) is 44.4 Å². The smallest absolute Gasteiger partial charge is 0.224 e. The number of nitrogens with zero attached hydrogens (tertiary/aromatic N) is 1. The molecule has 2 heterocycles. The van der Waals surface area contributed by atoms with E-state index in [1.165, 1.54) is 6.07 Å². The number of likely N-dealkylation sites (tertiary alicyclic amines) is 1. The van der Waals surface area contributed by atoms with Crippen LogP contribution in [0.2, 0.25) is 0 Å². The van der Waals surface area contributed by atoms with Crippen molar-refractivity contribution < 1.29 is 9.18 Å². The number of carbonyl (C=O) groups is 1. The maximum absolute atomic E-state index is 13.3. The molecule has 2 N–H and O–H groups in total. The van der Waals surface area contributed by atoms with Gasteiger partial charge in [0.2, 0.25) is 5.91 Å². The van der Waals surface area contributed by atoms with Crippen molar-refractivity contribution in [3.63, 3.8) is 0 Å². The minimum absolute atomic E-state index is 0.0622. The summed E-state index contributed by atoms with van der Waals surface area (Å²) in [6.07, 6.45) is 4.02. The van der Waals surface area contributed by atoms with Crippen LogP contribution in [0.5, 0.6) is 0 Å². The first-order chi connectivity index (χ1) is 11.2. The van der Waals surface area contributed by atoms with Gasteiger partial charge in [-0.3, -0.25) is 9.69 Å². The molecule has 5 heteroatoms. The molecule has 0 aliphatic carbocycles. The minimum Gasteiger partial charge on any atom is -0.353 e. The first-order valence-electron chi connectivity index (χ1n) is 8.68. The molecule has 3 rings (SSSR count). The Balaban J connectivity index is 1.52. The van der Waals surface area contributed by atoms with Crippen molar-refractivity contribution in [2.24, 2.45) is 5.92 Å². The van der Waals surface area contributed by atoms with Crippen LogP contribution >= 0.6 is 0 Å². The van der Waals surface area contributed by atoms with Crippen molar-refractivity contribution in [2.75, 3.05) is 26.2 Å². The van der Waals surface area contributed by atoms with Crippen LogP contribution in [0.4, 0.5) is 4.39 Å². The average Bonchev–Trinajstić information content (AvgIpc) is 2.56. The molecule has 1 atom stereocenters. The molecular formula is C18H26FN3O. The quantitative estimate of drug-likeness (QED) is 0.891. The van der Waals surface area contributed by atoms with Crippen LogP contribution < -0.4 is 10.6 Å². The lowest BCUT2D eigenvalue weighted by molar-refractivity contribution is -0.127. The van der Waals surface area contributed by atoms with Crippen molar-refractivity contribution >= 4 is 5.91 Å². The first kappa shape index (κ1) is 16.4. The van der Waals surface area contributed by atoms with E-state index in [0.29, 0.717) is 6.04 Å². The summed E-state index contributed by atoms with van der Waals surface area (Å²) in [7, 11) is 0. The SMILES string of the molecule is O=C(NC1CCNCC1)C1CCCN(Cc2cccc(F)c2)C1. The Hall–Kier alpha value is -1.46. The summed E-state index contributed by atoms with van der Waals surface area (Å²) in [6, 6.07) is 7.06. The lowest BCUT2D eigenvalue weighted by Crippen LogP contribution is -2.48. The van der Waals surface area contributed by atoms with Crippen molar-refractivity contribution in [3.8, 4) is 0 Å². The third kappa shape index (κ3) is 4.75. The van der Waals surface area contributed by atoms with E-state index in [1.54, 1.807) is 12.1 Å². The monoisotopic (exact) mass is 319 g/mol. The number of hydrogen-bond acceptors (Lipinski definition) is 3. The number of nitrogens with one attached hydrogen (secondary N) is 2. The van der Waals surface area contributed by atoms with E-state index in [1.807, 2.05) is 6.07 Å². The van der Waals surface area contributed by atoms with E-state index in [-0.39, 0.29) is 17.6 Å². The summed E-state index contributed by atoms with van der Waals surface area (Å²) < 4.78 is 13.3. The molecule has 0 spiro atoms. The van der Waals surface area contributed by atoms with Gasteiger partial charge in [-0.25, -0.2) is 4.39 Å². The van der Waals surface area contributed by atoms with E-state index in [9.17, 15) is 9.18 Å². The summed E-state index contributed by atoms with van der Waals surface area (Å²) in [5.41, 5.74) is 0.976. The number of halogens is 1. The van der Waals surface area contributed by atoms with E-state index in [2.05, 4.69) is 15.5 Å². The number of piperidine rings is 2. The summed E-state index contributed by atoms with van der Waals surface area (Å²) in [6.45, 7) is 4.44. The molecule has 0 saturated carbocycles. The predicted octanol–water partition coefficient (Wildman–Crippen LogP) is 1.91. The minimum atomic E-state index is -0.195. The van der Waals surface area contributed by atoms with Gasteiger partial charge in [0, 0.05) is 19.1 Å². The highest BCUT2D eigenvalue weighted by atomic mass is 19.1. The lowest BCUT2D eigenvalue weighted by Gasteiger charge is -2.33. The Kier molecular flexibility index (Phi) is 5.62. The molecule has 1 aromatic carbocycles. The molecule has 4 nitrogen and oxygen atoms in total. The highest BCUT2D eigenvalue weighted by Crippen LogP contribution is 2.19. The van der Waals surface area contributed by atoms with Gasteiger partial charge in [-0.1, -0.05) is 12.1 Å². The summed E-state index contributed by atoms with van der Waals surface area (Å²) in [5, 5.41) is 6.53. The van der Waals surface area contributed by atoms with Crippen LogP contribution in [0.1, 0.15) is 31.2 Å².